The van der Waals surface area contributed by atoms with Gasteiger partial charge in [-0.3, -0.25) is 4.68 Å². The van der Waals surface area contributed by atoms with Crippen LogP contribution in [0.2, 0.25) is 0 Å². The van der Waals surface area contributed by atoms with Gasteiger partial charge in [0.2, 0.25) is 0 Å². The first-order chi connectivity index (χ1) is 9.56. The van der Waals surface area contributed by atoms with Crippen molar-refractivity contribution in [2.45, 2.75) is 29.4 Å². The van der Waals surface area contributed by atoms with Gasteiger partial charge in [0.05, 0.1) is 11.6 Å². The van der Waals surface area contributed by atoms with Crippen LogP contribution in [-0.2, 0) is 0 Å². The summed E-state index contributed by atoms with van der Waals surface area (Å²) in [5.41, 5.74) is 1.09. The van der Waals surface area contributed by atoms with E-state index >= 15 is 0 Å². The lowest BCUT2D eigenvalue weighted by Gasteiger charge is -2.22. The zero-order valence-electron chi connectivity index (χ0n) is 11.7. The van der Waals surface area contributed by atoms with E-state index in [2.05, 4.69) is 75.6 Å². The Labute approximate surface area is 131 Å². The molecule has 0 spiro atoms. The normalized spacial score (nSPS) is 34.0. The topological polar surface area (TPSA) is 21.1 Å². The van der Waals surface area contributed by atoms with Gasteiger partial charge < -0.3 is 4.90 Å². The quantitative estimate of drug-likeness (QED) is 0.733. The van der Waals surface area contributed by atoms with Crippen LogP contribution < -0.4 is 0 Å². The molecule has 3 atom stereocenters. The van der Waals surface area contributed by atoms with Crippen LogP contribution >= 0.6 is 27.7 Å². The minimum atomic E-state index is 0.365. The molecule has 2 aliphatic heterocycles. The van der Waals surface area contributed by atoms with Crippen LogP contribution in [0.4, 0.5) is 0 Å². The molecule has 0 N–H and O–H groups in total. The van der Waals surface area contributed by atoms with Crippen molar-refractivity contribution in [2.24, 2.45) is 0 Å². The van der Waals surface area contributed by atoms with Crippen molar-refractivity contribution >= 4 is 38.6 Å². The van der Waals surface area contributed by atoms with Crippen molar-refractivity contribution in [3.63, 3.8) is 0 Å². The van der Waals surface area contributed by atoms with E-state index in [1.54, 1.807) is 0 Å². The first-order valence-electron chi connectivity index (χ1n) is 7.07. The molecule has 3 unspecified atom stereocenters. The van der Waals surface area contributed by atoms with Crippen LogP contribution in [0, 0.1) is 0 Å². The number of thioether (sulfide) groups is 1. The highest BCUT2D eigenvalue weighted by Gasteiger charge is 2.58. The zero-order valence-corrected chi connectivity index (χ0v) is 14.1. The summed E-state index contributed by atoms with van der Waals surface area (Å²) >= 11 is 5.65. The summed E-state index contributed by atoms with van der Waals surface area (Å²) in [4.78, 5) is 2.46. The Morgan fingerprint density at radius 3 is 3.15 bits per heavy atom. The highest BCUT2D eigenvalue weighted by atomic mass is 79.9. The van der Waals surface area contributed by atoms with E-state index in [0.29, 0.717) is 10.8 Å². The highest BCUT2D eigenvalue weighted by Crippen LogP contribution is 2.61. The van der Waals surface area contributed by atoms with Gasteiger partial charge in [0.1, 0.15) is 0 Å². The van der Waals surface area contributed by atoms with E-state index in [4.69, 9.17) is 5.10 Å². The molecule has 1 aromatic heterocycles. The molecule has 106 valence electrons. The van der Waals surface area contributed by atoms with Crippen molar-refractivity contribution in [2.75, 3.05) is 20.1 Å². The van der Waals surface area contributed by atoms with Gasteiger partial charge >= 0.3 is 0 Å². The Morgan fingerprint density at radius 1 is 1.45 bits per heavy atom. The standard InChI is InChI=1S/C15H18BrN3S/c1-15-13(5-6-18(2)9-14(15)20-15)19-8-10-3-4-11(16)7-12(10)17-19/h3-4,7-8,13-14H,5-6,9H2,1-2H3. The number of fused-ring (bicyclic) bond motifs is 2. The Morgan fingerprint density at radius 2 is 2.30 bits per heavy atom. The molecule has 20 heavy (non-hydrogen) atoms. The predicted octanol–water partition coefficient (Wildman–Crippen LogP) is 3.55. The summed E-state index contributed by atoms with van der Waals surface area (Å²) in [6, 6.07) is 6.85. The summed E-state index contributed by atoms with van der Waals surface area (Å²) in [6.07, 6.45) is 3.41. The molecule has 0 aliphatic carbocycles. The van der Waals surface area contributed by atoms with Crippen LogP contribution in [-0.4, -0.2) is 44.8 Å². The lowest BCUT2D eigenvalue weighted by molar-refractivity contribution is 0.331. The Kier molecular flexibility index (Phi) is 2.95. The van der Waals surface area contributed by atoms with Gasteiger partial charge in [-0.05, 0) is 39.1 Å². The molecule has 4 rings (SSSR count). The van der Waals surface area contributed by atoms with Gasteiger partial charge in [0.15, 0.2) is 0 Å². The van der Waals surface area contributed by atoms with Crippen LogP contribution in [0.15, 0.2) is 28.9 Å². The molecule has 1 aromatic carbocycles. The summed E-state index contributed by atoms with van der Waals surface area (Å²) < 4.78 is 3.69. The van der Waals surface area contributed by atoms with Crippen molar-refractivity contribution in [1.82, 2.24) is 14.7 Å². The average Bonchev–Trinajstić information content (AvgIpc) is 2.88. The molecule has 0 bridgehead atoms. The fraction of sp³-hybridized carbons (Fsp3) is 0.533. The van der Waals surface area contributed by atoms with Crippen molar-refractivity contribution in [3.05, 3.63) is 28.9 Å². The van der Waals surface area contributed by atoms with Gasteiger partial charge in [-0.2, -0.15) is 5.10 Å². The first-order valence-corrected chi connectivity index (χ1v) is 8.74. The highest BCUT2D eigenvalue weighted by molar-refractivity contribution is 9.10. The second-order valence-corrected chi connectivity index (χ2v) is 8.77. The smallest absolute Gasteiger partial charge is 0.0934 e. The van der Waals surface area contributed by atoms with Crippen LogP contribution in [0.1, 0.15) is 19.4 Å². The maximum Gasteiger partial charge on any atom is 0.0934 e. The maximum atomic E-state index is 4.84. The summed E-state index contributed by atoms with van der Waals surface area (Å²) in [5.74, 6) is 0. The molecule has 2 fully saturated rings. The van der Waals surface area contributed by atoms with Gasteiger partial charge in [0, 0.05) is 32.6 Å². The number of hydrogen-bond acceptors (Lipinski definition) is 3. The molecule has 2 aromatic rings. The van der Waals surface area contributed by atoms with E-state index in [0.717, 1.165) is 21.8 Å². The minimum Gasteiger partial charge on any atom is -0.305 e. The van der Waals surface area contributed by atoms with Gasteiger partial charge in [-0.1, -0.05) is 22.0 Å². The predicted molar refractivity (Wildman–Crippen MR) is 88.4 cm³/mol. The first kappa shape index (κ1) is 13.2. The second-order valence-electron chi connectivity index (χ2n) is 6.17. The van der Waals surface area contributed by atoms with E-state index < -0.39 is 0 Å². The van der Waals surface area contributed by atoms with E-state index in [-0.39, 0.29) is 0 Å². The number of likely N-dealkylation sites (tertiary alicyclic amines) is 1. The summed E-state index contributed by atoms with van der Waals surface area (Å²) in [5, 5.41) is 6.84. The summed E-state index contributed by atoms with van der Waals surface area (Å²) in [6.45, 7) is 4.79. The molecule has 3 nitrogen and oxygen atoms in total. The van der Waals surface area contributed by atoms with Crippen molar-refractivity contribution < 1.29 is 0 Å². The molecule has 2 saturated heterocycles. The van der Waals surface area contributed by atoms with Crippen LogP contribution in [0.3, 0.4) is 0 Å². The van der Waals surface area contributed by atoms with Gasteiger partial charge in [0.25, 0.3) is 0 Å². The average molecular weight is 352 g/mol. The third kappa shape index (κ3) is 2.02. The molecule has 2 aliphatic rings. The third-order valence-corrected chi connectivity index (χ3v) is 6.94. The second kappa shape index (κ2) is 4.49. The fourth-order valence-electron chi connectivity index (χ4n) is 3.35. The number of hydrogen-bond donors (Lipinski definition) is 0. The Hall–Kier alpha value is -0.520. The van der Waals surface area contributed by atoms with E-state index in [1.807, 2.05) is 0 Å². The Balaban J connectivity index is 1.74. The van der Waals surface area contributed by atoms with Crippen LogP contribution in [0.25, 0.3) is 10.9 Å². The fourth-order valence-corrected chi connectivity index (χ4v) is 5.19. The SMILES string of the molecule is CN1CCC(n2cc3ccc(Br)cc3n2)C2(C)SC2C1. The number of nitrogens with zero attached hydrogens (tertiary/aromatic N) is 3. The van der Waals surface area contributed by atoms with E-state index in [9.17, 15) is 0 Å². The molecule has 3 heterocycles. The summed E-state index contributed by atoms with van der Waals surface area (Å²) in [7, 11) is 2.23. The molecule has 0 radical (unpaired) electrons. The van der Waals surface area contributed by atoms with Crippen molar-refractivity contribution in [1.29, 1.82) is 0 Å². The van der Waals surface area contributed by atoms with Crippen molar-refractivity contribution in [3.8, 4) is 0 Å². The molecular weight excluding hydrogens is 334 g/mol. The third-order valence-electron chi connectivity index (χ3n) is 4.71. The zero-order chi connectivity index (χ0) is 13.9. The minimum absolute atomic E-state index is 0.365. The lowest BCUT2D eigenvalue weighted by Crippen LogP contribution is -2.26. The van der Waals surface area contributed by atoms with Crippen LogP contribution in [0.5, 0.6) is 0 Å². The lowest BCUT2D eigenvalue weighted by atomic mass is 9.97. The molecule has 5 heteroatoms. The number of halogens is 1. The molecule has 0 amide bonds. The monoisotopic (exact) mass is 351 g/mol. The number of rotatable bonds is 1. The molecular formula is C15H18BrN3S. The Bertz CT molecular complexity index is 670. The maximum absolute atomic E-state index is 4.84. The number of benzene rings is 1. The number of aromatic nitrogens is 2. The molecule has 0 saturated carbocycles. The van der Waals surface area contributed by atoms with Gasteiger partial charge in [-0.25, -0.2) is 0 Å². The van der Waals surface area contributed by atoms with Gasteiger partial charge in [-0.15, -0.1) is 11.8 Å². The van der Waals surface area contributed by atoms with E-state index in [1.165, 1.54) is 18.4 Å². The largest absolute Gasteiger partial charge is 0.305 e.